The van der Waals surface area contributed by atoms with Gasteiger partial charge >= 0.3 is 0 Å². The van der Waals surface area contributed by atoms with Gasteiger partial charge in [-0.25, -0.2) is 9.97 Å². The van der Waals surface area contributed by atoms with Gasteiger partial charge in [0.25, 0.3) is 0 Å². The van der Waals surface area contributed by atoms with Crippen LogP contribution in [0, 0.1) is 5.92 Å². The molecular formula is C17H28N4O. The normalized spacial score (nSPS) is 21.7. The second-order valence-electron chi connectivity index (χ2n) is 6.67. The van der Waals surface area contributed by atoms with Gasteiger partial charge in [0.05, 0.1) is 7.11 Å². The Labute approximate surface area is 133 Å². The first kappa shape index (κ1) is 15.5. The van der Waals surface area contributed by atoms with Crippen LogP contribution >= 0.6 is 0 Å². The van der Waals surface area contributed by atoms with E-state index in [4.69, 9.17) is 4.74 Å². The van der Waals surface area contributed by atoms with Gasteiger partial charge in [0, 0.05) is 31.7 Å². The lowest BCUT2D eigenvalue weighted by atomic mass is 9.88. The largest absolute Gasteiger partial charge is 0.481 e. The van der Waals surface area contributed by atoms with E-state index in [0.29, 0.717) is 11.9 Å². The fraction of sp³-hybridized carbons (Fsp3) is 0.765. The first-order valence-electron chi connectivity index (χ1n) is 8.68. The molecule has 1 aliphatic carbocycles. The van der Waals surface area contributed by atoms with Crippen molar-refractivity contribution >= 4 is 5.82 Å². The molecule has 2 aliphatic rings. The predicted octanol–water partition coefficient (Wildman–Crippen LogP) is 2.94. The van der Waals surface area contributed by atoms with Crippen molar-refractivity contribution in [2.75, 3.05) is 32.1 Å². The number of nitrogens with one attached hydrogen (secondary N) is 1. The summed E-state index contributed by atoms with van der Waals surface area (Å²) in [6.45, 7) is 3.72. The minimum atomic E-state index is 0.516. The van der Waals surface area contributed by atoms with Crippen LogP contribution in [-0.2, 0) is 0 Å². The summed E-state index contributed by atoms with van der Waals surface area (Å²) in [4.78, 5) is 11.0. The van der Waals surface area contributed by atoms with Crippen molar-refractivity contribution < 1.29 is 4.74 Å². The third-order valence-electron chi connectivity index (χ3n) is 5.03. The van der Waals surface area contributed by atoms with Crippen LogP contribution < -0.4 is 10.1 Å². The Hall–Kier alpha value is -1.36. The molecule has 22 heavy (non-hydrogen) atoms. The van der Waals surface area contributed by atoms with E-state index < -0.39 is 0 Å². The first-order valence-corrected chi connectivity index (χ1v) is 8.68. The number of aromatic nitrogens is 2. The molecule has 1 N–H and O–H groups in total. The summed E-state index contributed by atoms with van der Waals surface area (Å²) in [6, 6.07) is 2.39. The molecule has 1 aromatic rings. The SMILES string of the molecule is COc1cc(NC2CCN(CC3CCCCC3)CC2)ncn1. The Morgan fingerprint density at radius 1 is 1.14 bits per heavy atom. The molecule has 0 atom stereocenters. The van der Waals surface area contributed by atoms with Gasteiger partial charge in [-0.3, -0.25) is 0 Å². The van der Waals surface area contributed by atoms with E-state index in [0.717, 1.165) is 11.7 Å². The smallest absolute Gasteiger partial charge is 0.218 e. The summed E-state index contributed by atoms with van der Waals surface area (Å²) in [5, 5.41) is 3.52. The molecule has 1 saturated carbocycles. The Bertz CT molecular complexity index is 454. The molecule has 5 heteroatoms. The van der Waals surface area contributed by atoms with Crippen LogP contribution in [0.4, 0.5) is 5.82 Å². The zero-order chi connectivity index (χ0) is 15.2. The number of anilines is 1. The minimum Gasteiger partial charge on any atom is -0.481 e. The van der Waals surface area contributed by atoms with Crippen LogP contribution in [0.25, 0.3) is 0 Å². The van der Waals surface area contributed by atoms with E-state index in [1.807, 2.05) is 6.07 Å². The summed E-state index contributed by atoms with van der Waals surface area (Å²) in [7, 11) is 1.63. The highest BCUT2D eigenvalue weighted by Crippen LogP contribution is 2.26. The molecule has 2 fully saturated rings. The average Bonchev–Trinajstić information content (AvgIpc) is 2.58. The number of ether oxygens (including phenoxy) is 1. The van der Waals surface area contributed by atoms with Gasteiger partial charge in [0.2, 0.25) is 5.88 Å². The number of rotatable bonds is 5. The molecule has 1 aliphatic heterocycles. The molecular weight excluding hydrogens is 276 g/mol. The molecule has 2 heterocycles. The molecule has 0 bridgehead atoms. The molecule has 0 unspecified atom stereocenters. The average molecular weight is 304 g/mol. The molecule has 1 aromatic heterocycles. The highest BCUT2D eigenvalue weighted by molar-refractivity contribution is 5.38. The van der Waals surface area contributed by atoms with E-state index in [1.165, 1.54) is 64.6 Å². The summed E-state index contributed by atoms with van der Waals surface area (Å²) >= 11 is 0. The number of hydrogen-bond acceptors (Lipinski definition) is 5. The van der Waals surface area contributed by atoms with Crippen molar-refractivity contribution in [2.24, 2.45) is 5.92 Å². The number of likely N-dealkylation sites (tertiary alicyclic amines) is 1. The van der Waals surface area contributed by atoms with Crippen LogP contribution in [0.5, 0.6) is 5.88 Å². The van der Waals surface area contributed by atoms with Gasteiger partial charge in [0.15, 0.2) is 0 Å². The second kappa shape index (κ2) is 7.77. The molecule has 122 valence electrons. The van der Waals surface area contributed by atoms with Crippen molar-refractivity contribution in [3.05, 3.63) is 12.4 Å². The Kier molecular flexibility index (Phi) is 5.48. The topological polar surface area (TPSA) is 50.3 Å². The maximum Gasteiger partial charge on any atom is 0.218 e. The van der Waals surface area contributed by atoms with Crippen LogP contribution in [0.1, 0.15) is 44.9 Å². The fourth-order valence-corrected chi connectivity index (χ4v) is 3.73. The number of methoxy groups -OCH3 is 1. The lowest BCUT2D eigenvalue weighted by molar-refractivity contribution is 0.168. The van der Waals surface area contributed by atoms with Gasteiger partial charge in [0.1, 0.15) is 12.1 Å². The highest BCUT2D eigenvalue weighted by Gasteiger charge is 2.22. The highest BCUT2D eigenvalue weighted by atomic mass is 16.5. The van der Waals surface area contributed by atoms with Crippen LogP contribution in [0.2, 0.25) is 0 Å². The predicted molar refractivity (Wildman–Crippen MR) is 88.2 cm³/mol. The zero-order valence-electron chi connectivity index (χ0n) is 13.6. The van der Waals surface area contributed by atoms with E-state index in [2.05, 4.69) is 20.2 Å². The molecule has 0 radical (unpaired) electrons. The molecule has 0 amide bonds. The summed E-state index contributed by atoms with van der Waals surface area (Å²) in [5.74, 6) is 2.44. The Morgan fingerprint density at radius 3 is 2.64 bits per heavy atom. The van der Waals surface area contributed by atoms with Crippen molar-refractivity contribution in [2.45, 2.75) is 51.0 Å². The Morgan fingerprint density at radius 2 is 1.91 bits per heavy atom. The molecule has 1 saturated heterocycles. The van der Waals surface area contributed by atoms with E-state index >= 15 is 0 Å². The lowest BCUT2D eigenvalue weighted by Gasteiger charge is -2.35. The molecule has 0 spiro atoms. The molecule has 3 rings (SSSR count). The van der Waals surface area contributed by atoms with Crippen molar-refractivity contribution in [1.82, 2.24) is 14.9 Å². The van der Waals surface area contributed by atoms with Crippen LogP contribution in [0.3, 0.4) is 0 Å². The third-order valence-corrected chi connectivity index (χ3v) is 5.03. The van der Waals surface area contributed by atoms with Crippen molar-refractivity contribution in [1.29, 1.82) is 0 Å². The number of piperidine rings is 1. The van der Waals surface area contributed by atoms with Crippen molar-refractivity contribution in [3.63, 3.8) is 0 Å². The summed E-state index contributed by atoms with van der Waals surface area (Å²) in [6.07, 6.45) is 11.2. The fourth-order valence-electron chi connectivity index (χ4n) is 3.73. The summed E-state index contributed by atoms with van der Waals surface area (Å²) in [5.41, 5.74) is 0. The van der Waals surface area contributed by atoms with Crippen molar-refractivity contribution in [3.8, 4) is 5.88 Å². The molecule has 5 nitrogen and oxygen atoms in total. The van der Waals surface area contributed by atoms with E-state index in [-0.39, 0.29) is 0 Å². The van der Waals surface area contributed by atoms with Crippen LogP contribution in [0.15, 0.2) is 12.4 Å². The second-order valence-corrected chi connectivity index (χ2v) is 6.67. The van der Waals surface area contributed by atoms with Gasteiger partial charge in [-0.1, -0.05) is 19.3 Å². The van der Waals surface area contributed by atoms with Gasteiger partial charge in [-0.2, -0.15) is 0 Å². The molecule has 0 aromatic carbocycles. The summed E-state index contributed by atoms with van der Waals surface area (Å²) < 4.78 is 5.15. The lowest BCUT2D eigenvalue weighted by Crippen LogP contribution is -2.41. The number of nitrogens with zero attached hydrogens (tertiary/aromatic N) is 3. The minimum absolute atomic E-state index is 0.516. The zero-order valence-corrected chi connectivity index (χ0v) is 13.6. The van der Waals surface area contributed by atoms with Gasteiger partial charge in [-0.05, 0) is 31.6 Å². The van der Waals surface area contributed by atoms with Crippen LogP contribution in [-0.4, -0.2) is 47.7 Å². The quantitative estimate of drug-likeness (QED) is 0.906. The standard InChI is InChI=1S/C17H28N4O/c1-22-17-11-16(18-13-19-17)20-15-7-9-21(10-8-15)12-14-5-3-2-4-6-14/h11,13-15H,2-10,12H2,1H3,(H,18,19,20). The number of hydrogen-bond donors (Lipinski definition) is 1. The third kappa shape index (κ3) is 4.32. The first-order chi connectivity index (χ1) is 10.8. The Balaban J connectivity index is 1.43. The maximum atomic E-state index is 5.15. The van der Waals surface area contributed by atoms with Gasteiger partial charge in [-0.15, -0.1) is 0 Å². The van der Waals surface area contributed by atoms with Gasteiger partial charge < -0.3 is 15.0 Å². The van der Waals surface area contributed by atoms with E-state index in [1.54, 1.807) is 13.4 Å². The van der Waals surface area contributed by atoms with E-state index in [9.17, 15) is 0 Å². The monoisotopic (exact) mass is 304 g/mol. The maximum absolute atomic E-state index is 5.15.